The Hall–Kier alpha value is -3.75. The zero-order chi connectivity index (χ0) is 23.8. The van der Waals surface area contributed by atoms with E-state index in [1.54, 1.807) is 48.5 Å². The maximum Gasteiger partial charge on any atom is 0.308 e. The highest BCUT2D eigenvalue weighted by atomic mass is 79.9. The molecule has 0 atom stereocenters. The van der Waals surface area contributed by atoms with E-state index in [1.165, 1.54) is 13.1 Å². The first kappa shape index (κ1) is 22.1. The molecule has 5 rings (SSSR count). The van der Waals surface area contributed by atoms with Gasteiger partial charge in [-0.1, -0.05) is 39.7 Å². The zero-order valence-corrected chi connectivity index (χ0v) is 20.0. The van der Waals surface area contributed by atoms with Gasteiger partial charge in [0, 0.05) is 27.4 Å². The van der Waals surface area contributed by atoms with Gasteiger partial charge in [-0.05, 0) is 54.6 Å². The number of fused-ring (bicyclic) bond motifs is 2. The van der Waals surface area contributed by atoms with E-state index in [1.807, 2.05) is 18.2 Å². The fourth-order valence-corrected chi connectivity index (χ4v) is 4.06. The van der Waals surface area contributed by atoms with Crippen LogP contribution >= 0.6 is 27.5 Å². The van der Waals surface area contributed by atoms with Crippen molar-refractivity contribution in [1.29, 1.82) is 0 Å². The summed E-state index contributed by atoms with van der Waals surface area (Å²) in [5.41, 5.74) is 1.19. The van der Waals surface area contributed by atoms with E-state index < -0.39 is 5.97 Å². The summed E-state index contributed by atoms with van der Waals surface area (Å²) in [5.74, 6) is 0.371. The van der Waals surface area contributed by atoms with Gasteiger partial charge in [-0.15, -0.1) is 0 Å². The summed E-state index contributed by atoms with van der Waals surface area (Å²) < 4.78 is 13.3. The van der Waals surface area contributed by atoms with Crippen LogP contribution in [0, 0.1) is 0 Å². The van der Waals surface area contributed by atoms with E-state index in [9.17, 15) is 9.59 Å². The van der Waals surface area contributed by atoms with E-state index in [2.05, 4.69) is 26.0 Å². The van der Waals surface area contributed by atoms with Crippen LogP contribution in [0.5, 0.6) is 5.75 Å². The van der Waals surface area contributed by atoms with Crippen LogP contribution in [0.2, 0.25) is 5.02 Å². The Kier molecular flexibility index (Phi) is 5.77. The monoisotopic (exact) mass is 535 g/mol. The van der Waals surface area contributed by atoms with Crippen molar-refractivity contribution in [3.63, 3.8) is 0 Å². The summed E-state index contributed by atoms with van der Waals surface area (Å²) in [6.45, 7) is 1.30. The maximum absolute atomic E-state index is 13.4. The molecule has 5 aromatic rings. The Balaban J connectivity index is 1.72. The molecule has 2 aromatic heterocycles. The lowest BCUT2D eigenvalue weighted by Gasteiger charge is -2.08. The average Bonchev–Trinajstić information content (AvgIpc) is 3.22. The van der Waals surface area contributed by atoms with E-state index in [4.69, 9.17) is 20.8 Å². The number of aromatic nitrogens is 2. The molecule has 168 valence electrons. The lowest BCUT2D eigenvalue weighted by Crippen LogP contribution is -2.20. The van der Waals surface area contributed by atoms with Gasteiger partial charge in [-0.25, -0.2) is 4.98 Å². The van der Waals surface area contributed by atoms with Gasteiger partial charge in [0.1, 0.15) is 11.3 Å². The first-order valence-corrected chi connectivity index (χ1v) is 11.3. The highest BCUT2D eigenvalue weighted by Gasteiger charge is 2.17. The second kappa shape index (κ2) is 8.89. The van der Waals surface area contributed by atoms with Crippen LogP contribution < -0.4 is 10.3 Å². The minimum atomic E-state index is -0.490. The minimum absolute atomic E-state index is 0.225. The Morgan fingerprint density at radius 2 is 1.97 bits per heavy atom. The number of furan rings is 1. The molecular formula is C25H15BrClN3O4. The second-order valence-corrected chi connectivity index (χ2v) is 8.73. The highest BCUT2D eigenvalue weighted by Crippen LogP contribution is 2.29. The van der Waals surface area contributed by atoms with E-state index in [-0.39, 0.29) is 17.1 Å². The first-order valence-electron chi connectivity index (χ1n) is 10.1. The van der Waals surface area contributed by atoms with Gasteiger partial charge in [0.15, 0.2) is 5.76 Å². The summed E-state index contributed by atoms with van der Waals surface area (Å²) in [6, 6.07) is 19.1. The molecule has 0 unspecified atom stereocenters. The number of hydrogen-bond acceptors (Lipinski definition) is 6. The van der Waals surface area contributed by atoms with Crippen molar-refractivity contribution >= 4 is 61.6 Å². The van der Waals surface area contributed by atoms with Gasteiger partial charge in [0.25, 0.3) is 5.56 Å². The molecule has 0 amide bonds. The van der Waals surface area contributed by atoms with Crippen molar-refractivity contribution in [2.45, 2.75) is 6.92 Å². The third-order valence-electron chi connectivity index (χ3n) is 4.99. The number of rotatable bonds is 4. The SMILES string of the molecule is CC(=O)Oc1ccc(Cl)cc1C=Nn1c(-c2cc3cc(Br)ccc3o2)nc2ccccc2c1=O. The number of ether oxygens (including phenoxy) is 1. The van der Waals surface area contributed by atoms with Crippen LogP contribution in [0.1, 0.15) is 12.5 Å². The van der Waals surface area contributed by atoms with Crippen LogP contribution in [0.25, 0.3) is 33.5 Å². The Morgan fingerprint density at radius 3 is 2.79 bits per heavy atom. The molecule has 0 N–H and O–H groups in total. The van der Waals surface area contributed by atoms with Crippen molar-refractivity contribution in [2.75, 3.05) is 0 Å². The molecule has 7 nitrogen and oxygen atoms in total. The number of nitrogens with zero attached hydrogens (tertiary/aromatic N) is 3. The molecule has 0 radical (unpaired) electrons. The number of hydrogen-bond donors (Lipinski definition) is 0. The number of carbonyl (C=O) groups is 1. The summed E-state index contributed by atoms with van der Waals surface area (Å²) in [6.07, 6.45) is 1.39. The molecule has 0 fully saturated rings. The predicted octanol–water partition coefficient (Wildman–Crippen LogP) is 6.03. The Bertz CT molecular complexity index is 1670. The Labute approximate surface area is 206 Å². The molecular weight excluding hydrogens is 522 g/mol. The van der Waals surface area contributed by atoms with Crippen LogP contribution in [0.15, 0.2) is 85.5 Å². The average molecular weight is 537 g/mol. The van der Waals surface area contributed by atoms with Crippen LogP contribution in [0.4, 0.5) is 0 Å². The van der Waals surface area contributed by atoms with Gasteiger partial charge < -0.3 is 9.15 Å². The van der Waals surface area contributed by atoms with Crippen LogP contribution in [0.3, 0.4) is 0 Å². The molecule has 0 aliphatic heterocycles. The lowest BCUT2D eigenvalue weighted by atomic mass is 10.2. The number of para-hydroxylation sites is 1. The zero-order valence-electron chi connectivity index (χ0n) is 17.7. The quantitative estimate of drug-likeness (QED) is 0.159. The summed E-state index contributed by atoms with van der Waals surface area (Å²) >= 11 is 9.58. The van der Waals surface area contributed by atoms with Gasteiger partial charge in [-0.2, -0.15) is 9.78 Å². The maximum atomic E-state index is 13.4. The molecule has 9 heteroatoms. The smallest absolute Gasteiger partial charge is 0.308 e. The summed E-state index contributed by atoms with van der Waals surface area (Å²) in [5, 5.41) is 6.06. The molecule has 0 saturated heterocycles. The predicted molar refractivity (Wildman–Crippen MR) is 135 cm³/mol. The third-order valence-corrected chi connectivity index (χ3v) is 5.72. The topological polar surface area (TPSA) is 86.7 Å². The van der Waals surface area contributed by atoms with Crippen molar-refractivity contribution in [3.05, 3.63) is 92.1 Å². The largest absolute Gasteiger partial charge is 0.453 e. The van der Waals surface area contributed by atoms with Crippen molar-refractivity contribution in [2.24, 2.45) is 5.10 Å². The minimum Gasteiger partial charge on any atom is -0.453 e. The molecule has 0 aliphatic rings. The van der Waals surface area contributed by atoms with Crippen molar-refractivity contribution < 1.29 is 13.9 Å². The van der Waals surface area contributed by atoms with Crippen molar-refractivity contribution in [3.8, 4) is 17.3 Å². The number of esters is 1. The lowest BCUT2D eigenvalue weighted by molar-refractivity contribution is -0.131. The molecule has 3 aromatic carbocycles. The number of halogens is 2. The van der Waals surface area contributed by atoms with Gasteiger partial charge >= 0.3 is 5.97 Å². The fraction of sp³-hybridized carbons (Fsp3) is 0.0400. The summed E-state index contributed by atoms with van der Waals surface area (Å²) in [4.78, 5) is 29.5. The molecule has 2 heterocycles. The highest BCUT2D eigenvalue weighted by molar-refractivity contribution is 9.10. The van der Waals surface area contributed by atoms with Gasteiger partial charge in [-0.3, -0.25) is 9.59 Å². The second-order valence-electron chi connectivity index (χ2n) is 7.38. The molecule has 34 heavy (non-hydrogen) atoms. The molecule has 0 saturated carbocycles. The standard InChI is InChI=1S/C25H15BrClN3O4/c1-14(31)33-22-9-7-18(27)11-16(22)13-28-30-24(29-20-5-3-2-4-19(20)25(30)32)23-12-15-10-17(26)6-8-21(15)34-23/h2-13H,1H3. The number of carbonyl (C=O) groups excluding carboxylic acids is 1. The first-order chi connectivity index (χ1) is 16.4. The molecule has 0 spiro atoms. The van der Waals surface area contributed by atoms with Crippen molar-refractivity contribution in [1.82, 2.24) is 9.66 Å². The number of benzene rings is 3. The van der Waals surface area contributed by atoms with Crippen LogP contribution in [-0.2, 0) is 4.79 Å². The summed E-state index contributed by atoms with van der Waals surface area (Å²) in [7, 11) is 0. The van der Waals surface area contributed by atoms with E-state index >= 15 is 0 Å². The Morgan fingerprint density at radius 1 is 1.15 bits per heavy atom. The van der Waals surface area contributed by atoms with Crippen LogP contribution in [-0.4, -0.2) is 21.8 Å². The van der Waals surface area contributed by atoms with E-state index in [0.29, 0.717) is 32.8 Å². The fourth-order valence-electron chi connectivity index (χ4n) is 3.50. The molecule has 0 aliphatic carbocycles. The van der Waals surface area contributed by atoms with Gasteiger partial charge in [0.05, 0.1) is 17.1 Å². The molecule has 0 bridgehead atoms. The van der Waals surface area contributed by atoms with Gasteiger partial charge in [0.2, 0.25) is 5.82 Å². The third kappa shape index (κ3) is 4.25. The van der Waals surface area contributed by atoms with E-state index in [0.717, 1.165) is 14.5 Å². The normalized spacial score (nSPS) is 11.5.